The molecule has 0 saturated carbocycles. The van der Waals surface area contributed by atoms with Gasteiger partial charge in [0.05, 0.1) is 19.3 Å². The van der Waals surface area contributed by atoms with Gasteiger partial charge in [-0.2, -0.15) is 13.2 Å². The number of morpholine rings is 1. The zero-order chi connectivity index (χ0) is 12.9. The van der Waals surface area contributed by atoms with Crippen LogP contribution in [0.15, 0.2) is 0 Å². The number of hydrogen-bond donors (Lipinski definition) is 1. The van der Waals surface area contributed by atoms with Crippen LogP contribution in [0.25, 0.3) is 0 Å². The van der Waals surface area contributed by atoms with Crippen LogP contribution < -0.4 is 5.32 Å². The summed E-state index contributed by atoms with van der Waals surface area (Å²) in [6, 6.07) is 0.107. The molecule has 0 aromatic heterocycles. The van der Waals surface area contributed by atoms with Gasteiger partial charge in [-0.1, -0.05) is 6.92 Å². The summed E-state index contributed by atoms with van der Waals surface area (Å²) >= 11 is 0. The highest BCUT2D eigenvalue weighted by Gasteiger charge is 2.27. The molecule has 1 aliphatic heterocycles. The van der Waals surface area contributed by atoms with Crippen molar-refractivity contribution in [3.63, 3.8) is 0 Å². The molecule has 0 aromatic rings. The van der Waals surface area contributed by atoms with Gasteiger partial charge in [-0.25, -0.2) is 0 Å². The lowest BCUT2D eigenvalue weighted by molar-refractivity contribution is -0.125. The molecule has 1 rings (SSSR count). The molecule has 0 spiro atoms. The Bertz CT molecular complexity index is 223. The zero-order valence-corrected chi connectivity index (χ0v) is 10.4. The summed E-state index contributed by atoms with van der Waals surface area (Å²) in [6.07, 6.45) is -2.97. The summed E-state index contributed by atoms with van der Waals surface area (Å²) in [4.78, 5) is 2.18. The van der Waals surface area contributed by atoms with Crippen LogP contribution in [-0.2, 0) is 4.74 Å². The third kappa shape index (κ3) is 5.70. The van der Waals surface area contributed by atoms with E-state index in [2.05, 4.69) is 17.1 Å². The average molecular weight is 254 g/mol. The maximum absolute atomic E-state index is 12.0. The molecule has 2 unspecified atom stereocenters. The van der Waals surface area contributed by atoms with Crippen molar-refractivity contribution in [1.29, 1.82) is 0 Å². The average Bonchev–Trinajstić information content (AvgIpc) is 2.27. The molecule has 17 heavy (non-hydrogen) atoms. The molecule has 0 bridgehead atoms. The third-order valence-electron chi connectivity index (χ3n) is 3.01. The van der Waals surface area contributed by atoms with Crippen molar-refractivity contribution in [2.75, 3.05) is 32.8 Å². The lowest BCUT2D eigenvalue weighted by Gasteiger charge is -2.36. The van der Waals surface area contributed by atoms with Gasteiger partial charge in [0.1, 0.15) is 0 Å². The minimum absolute atomic E-state index is 0.107. The molecule has 0 amide bonds. The molecular formula is C11H21F3N2O. The third-order valence-corrected chi connectivity index (χ3v) is 3.01. The van der Waals surface area contributed by atoms with Crippen LogP contribution >= 0.6 is 0 Å². The molecule has 1 saturated heterocycles. The smallest absolute Gasteiger partial charge is 0.376 e. The minimum Gasteiger partial charge on any atom is -0.376 e. The molecule has 1 aliphatic rings. The van der Waals surface area contributed by atoms with Gasteiger partial charge >= 0.3 is 6.18 Å². The molecule has 1 heterocycles. The summed E-state index contributed by atoms with van der Waals surface area (Å²) in [7, 11) is 0. The van der Waals surface area contributed by atoms with Crippen molar-refractivity contribution < 1.29 is 17.9 Å². The Morgan fingerprint density at radius 2 is 2.18 bits per heavy atom. The molecule has 0 aliphatic carbocycles. The Kier molecular flexibility index (Phi) is 5.69. The van der Waals surface area contributed by atoms with Gasteiger partial charge in [0.2, 0.25) is 0 Å². The van der Waals surface area contributed by atoms with E-state index in [1.807, 2.05) is 6.92 Å². The summed E-state index contributed by atoms with van der Waals surface area (Å²) in [5, 5.41) is 2.45. The number of nitrogens with zero attached hydrogens (tertiary/aromatic N) is 1. The first-order valence-corrected chi connectivity index (χ1v) is 6.05. The summed E-state index contributed by atoms with van der Waals surface area (Å²) in [5.41, 5.74) is 0. The van der Waals surface area contributed by atoms with Crippen LogP contribution in [0.4, 0.5) is 13.2 Å². The predicted molar refractivity (Wildman–Crippen MR) is 60.0 cm³/mol. The fourth-order valence-electron chi connectivity index (χ4n) is 1.94. The maximum atomic E-state index is 12.0. The van der Waals surface area contributed by atoms with Crippen LogP contribution in [-0.4, -0.2) is 56.0 Å². The maximum Gasteiger partial charge on any atom is 0.401 e. The molecular weight excluding hydrogens is 233 g/mol. The van der Waals surface area contributed by atoms with Crippen LogP contribution in [0.1, 0.15) is 20.3 Å². The van der Waals surface area contributed by atoms with E-state index < -0.39 is 12.7 Å². The monoisotopic (exact) mass is 254 g/mol. The largest absolute Gasteiger partial charge is 0.401 e. The fourth-order valence-corrected chi connectivity index (χ4v) is 1.94. The molecule has 1 N–H and O–H groups in total. The van der Waals surface area contributed by atoms with Gasteiger partial charge in [0.25, 0.3) is 0 Å². The highest BCUT2D eigenvalue weighted by atomic mass is 19.4. The highest BCUT2D eigenvalue weighted by molar-refractivity contribution is 4.77. The van der Waals surface area contributed by atoms with Gasteiger partial charge in [0.15, 0.2) is 0 Å². The molecule has 0 radical (unpaired) electrons. The van der Waals surface area contributed by atoms with Crippen molar-refractivity contribution in [2.24, 2.45) is 0 Å². The van der Waals surface area contributed by atoms with Crippen molar-refractivity contribution in [3.8, 4) is 0 Å². The Labute approximate surface area is 100 Å². The molecule has 6 heteroatoms. The van der Waals surface area contributed by atoms with E-state index in [-0.39, 0.29) is 12.1 Å². The van der Waals surface area contributed by atoms with E-state index >= 15 is 0 Å². The first-order chi connectivity index (χ1) is 7.92. The van der Waals surface area contributed by atoms with Crippen molar-refractivity contribution in [2.45, 2.75) is 38.6 Å². The van der Waals surface area contributed by atoms with Crippen LogP contribution in [0, 0.1) is 0 Å². The Morgan fingerprint density at radius 3 is 2.76 bits per heavy atom. The van der Waals surface area contributed by atoms with Crippen molar-refractivity contribution >= 4 is 0 Å². The van der Waals surface area contributed by atoms with E-state index in [1.54, 1.807) is 0 Å². The van der Waals surface area contributed by atoms with Crippen molar-refractivity contribution in [3.05, 3.63) is 0 Å². The molecule has 2 atom stereocenters. The Balaban J connectivity index is 2.24. The van der Waals surface area contributed by atoms with Crippen molar-refractivity contribution in [1.82, 2.24) is 10.2 Å². The van der Waals surface area contributed by atoms with E-state index in [0.29, 0.717) is 13.2 Å². The first-order valence-electron chi connectivity index (χ1n) is 6.05. The number of nitrogens with one attached hydrogen (secondary N) is 1. The Morgan fingerprint density at radius 1 is 1.47 bits per heavy atom. The number of hydrogen-bond acceptors (Lipinski definition) is 3. The topological polar surface area (TPSA) is 24.5 Å². The second kappa shape index (κ2) is 6.56. The van der Waals surface area contributed by atoms with E-state index in [0.717, 1.165) is 19.5 Å². The highest BCUT2D eigenvalue weighted by Crippen LogP contribution is 2.13. The van der Waals surface area contributed by atoms with Gasteiger partial charge in [-0.3, -0.25) is 4.90 Å². The fraction of sp³-hybridized carbons (Fsp3) is 1.00. The van der Waals surface area contributed by atoms with Crippen LogP contribution in [0.5, 0.6) is 0 Å². The quantitative estimate of drug-likeness (QED) is 0.807. The molecule has 3 nitrogen and oxygen atoms in total. The number of halogens is 3. The summed E-state index contributed by atoms with van der Waals surface area (Å²) < 4.78 is 41.4. The van der Waals surface area contributed by atoms with Gasteiger partial charge in [-0.15, -0.1) is 0 Å². The van der Waals surface area contributed by atoms with Crippen LogP contribution in [0.3, 0.4) is 0 Å². The lowest BCUT2D eigenvalue weighted by Crippen LogP contribution is -2.50. The second-order valence-electron chi connectivity index (χ2n) is 4.49. The normalized spacial score (nSPS) is 24.9. The molecule has 0 aromatic carbocycles. The lowest BCUT2D eigenvalue weighted by atomic mass is 10.2. The van der Waals surface area contributed by atoms with Crippen LogP contribution in [0.2, 0.25) is 0 Å². The standard InChI is InChI=1S/C11H21F3N2O/c1-3-10-7-16(4-5-17-10)9(2)6-15-8-11(12,13)14/h9-10,15H,3-8H2,1-2H3. The van der Waals surface area contributed by atoms with Gasteiger partial charge < -0.3 is 10.1 Å². The minimum atomic E-state index is -4.13. The second-order valence-corrected chi connectivity index (χ2v) is 4.49. The van der Waals surface area contributed by atoms with E-state index in [4.69, 9.17) is 4.74 Å². The number of alkyl halides is 3. The van der Waals surface area contributed by atoms with Gasteiger partial charge in [-0.05, 0) is 13.3 Å². The van der Waals surface area contributed by atoms with E-state index in [1.165, 1.54) is 0 Å². The number of rotatable bonds is 5. The van der Waals surface area contributed by atoms with Gasteiger partial charge in [0, 0.05) is 25.7 Å². The molecule has 1 fully saturated rings. The number of ether oxygens (including phenoxy) is 1. The molecule has 102 valence electrons. The first kappa shape index (κ1) is 14.7. The van der Waals surface area contributed by atoms with E-state index in [9.17, 15) is 13.2 Å². The zero-order valence-electron chi connectivity index (χ0n) is 10.4. The predicted octanol–water partition coefficient (Wildman–Crippen LogP) is 1.64. The summed E-state index contributed by atoms with van der Waals surface area (Å²) in [6.45, 7) is 5.72. The Hall–Kier alpha value is -0.330. The SMILES string of the molecule is CCC1CN(C(C)CNCC(F)(F)F)CCO1. The summed E-state index contributed by atoms with van der Waals surface area (Å²) in [5.74, 6) is 0.